The predicted molar refractivity (Wildman–Crippen MR) is 87.1 cm³/mol. The molecule has 128 valence electrons. The minimum Gasteiger partial charge on any atom is -0.340 e. The van der Waals surface area contributed by atoms with Gasteiger partial charge in [0, 0.05) is 39.1 Å². The summed E-state index contributed by atoms with van der Waals surface area (Å²) < 4.78 is 25.8. The highest BCUT2D eigenvalue weighted by Gasteiger charge is 2.28. The second kappa shape index (κ2) is 8.26. The smallest absolute Gasteiger partial charge is 0.223 e. The van der Waals surface area contributed by atoms with E-state index in [1.165, 1.54) is 12.8 Å². The molecule has 0 aliphatic carbocycles. The van der Waals surface area contributed by atoms with Crippen LogP contribution in [0.2, 0.25) is 0 Å². The van der Waals surface area contributed by atoms with Crippen molar-refractivity contribution in [1.82, 2.24) is 14.1 Å². The highest BCUT2D eigenvalue weighted by atomic mass is 32.2. The lowest BCUT2D eigenvalue weighted by Gasteiger charge is -2.34. The lowest BCUT2D eigenvalue weighted by molar-refractivity contribution is -0.132. The Kier molecular flexibility index (Phi) is 6.65. The summed E-state index contributed by atoms with van der Waals surface area (Å²) in [6.07, 6.45) is 4.62. The summed E-state index contributed by atoms with van der Waals surface area (Å²) in [5.74, 6) is 0.393. The van der Waals surface area contributed by atoms with Crippen molar-refractivity contribution in [3.8, 4) is 0 Å². The molecule has 2 heterocycles. The van der Waals surface area contributed by atoms with Gasteiger partial charge < -0.3 is 9.80 Å². The Hall–Kier alpha value is -0.660. The summed E-state index contributed by atoms with van der Waals surface area (Å²) in [7, 11) is -3.13. The Balaban J connectivity index is 1.72. The number of rotatable bonds is 7. The molecule has 1 amide bonds. The topological polar surface area (TPSA) is 60.9 Å². The van der Waals surface area contributed by atoms with Gasteiger partial charge in [0.25, 0.3) is 0 Å². The molecule has 0 spiro atoms. The summed E-state index contributed by atoms with van der Waals surface area (Å²) in [6, 6.07) is 0. The van der Waals surface area contributed by atoms with Crippen LogP contribution < -0.4 is 0 Å². The largest absolute Gasteiger partial charge is 0.340 e. The van der Waals surface area contributed by atoms with Gasteiger partial charge in [-0.2, -0.15) is 4.31 Å². The molecule has 2 saturated heterocycles. The van der Waals surface area contributed by atoms with Crippen molar-refractivity contribution in [2.75, 3.05) is 51.6 Å². The SMILES string of the molecule is CCCCS(=O)(=O)N1CCN(C(=O)CCN2CCCC2)CC1. The molecule has 2 aliphatic rings. The molecule has 0 aromatic carbocycles. The normalized spacial score (nSPS) is 21.4. The van der Waals surface area contributed by atoms with E-state index in [0.717, 1.165) is 26.1 Å². The summed E-state index contributed by atoms with van der Waals surface area (Å²) in [5.41, 5.74) is 0. The molecule has 2 rings (SSSR count). The number of carbonyl (C=O) groups is 1. The van der Waals surface area contributed by atoms with Crippen LogP contribution in [0.5, 0.6) is 0 Å². The minimum absolute atomic E-state index is 0.164. The lowest BCUT2D eigenvalue weighted by atomic mass is 10.3. The van der Waals surface area contributed by atoms with Crippen LogP contribution in [-0.4, -0.2) is 80.0 Å². The molecule has 0 N–H and O–H groups in total. The molecule has 22 heavy (non-hydrogen) atoms. The van der Waals surface area contributed by atoms with Gasteiger partial charge in [-0.15, -0.1) is 0 Å². The number of sulfonamides is 1. The van der Waals surface area contributed by atoms with Gasteiger partial charge in [-0.05, 0) is 32.4 Å². The number of amides is 1. The van der Waals surface area contributed by atoms with Gasteiger partial charge in [0.15, 0.2) is 0 Å². The van der Waals surface area contributed by atoms with E-state index in [-0.39, 0.29) is 11.7 Å². The third-order valence-electron chi connectivity index (χ3n) is 4.58. The third kappa shape index (κ3) is 4.93. The average Bonchev–Trinajstić information content (AvgIpc) is 3.04. The van der Waals surface area contributed by atoms with E-state index < -0.39 is 10.0 Å². The van der Waals surface area contributed by atoms with Crippen molar-refractivity contribution in [3.63, 3.8) is 0 Å². The zero-order chi connectivity index (χ0) is 16.0. The summed E-state index contributed by atoms with van der Waals surface area (Å²) in [4.78, 5) is 16.4. The number of carbonyl (C=O) groups excluding carboxylic acids is 1. The average molecular weight is 331 g/mol. The van der Waals surface area contributed by atoms with Crippen LogP contribution in [0.3, 0.4) is 0 Å². The molecule has 0 bridgehead atoms. The maximum Gasteiger partial charge on any atom is 0.223 e. The first-order chi connectivity index (χ1) is 10.5. The quantitative estimate of drug-likeness (QED) is 0.690. The van der Waals surface area contributed by atoms with Crippen molar-refractivity contribution in [2.45, 2.75) is 39.0 Å². The fourth-order valence-electron chi connectivity index (χ4n) is 3.09. The lowest BCUT2D eigenvalue weighted by Crippen LogP contribution is -2.51. The number of hydrogen-bond donors (Lipinski definition) is 0. The Morgan fingerprint density at radius 3 is 2.23 bits per heavy atom. The molecule has 7 heteroatoms. The predicted octanol–water partition coefficient (Wildman–Crippen LogP) is 0.746. The van der Waals surface area contributed by atoms with Crippen molar-refractivity contribution in [3.05, 3.63) is 0 Å². The van der Waals surface area contributed by atoms with Crippen LogP contribution in [0.15, 0.2) is 0 Å². The first kappa shape index (κ1) is 17.7. The molecular weight excluding hydrogens is 302 g/mol. The highest BCUT2D eigenvalue weighted by molar-refractivity contribution is 7.89. The fourth-order valence-corrected chi connectivity index (χ4v) is 4.72. The maximum absolute atomic E-state index is 12.2. The summed E-state index contributed by atoms with van der Waals surface area (Å²) in [6.45, 7) is 7.01. The number of hydrogen-bond acceptors (Lipinski definition) is 4. The van der Waals surface area contributed by atoms with E-state index in [1.54, 1.807) is 4.31 Å². The van der Waals surface area contributed by atoms with Crippen molar-refractivity contribution >= 4 is 15.9 Å². The number of likely N-dealkylation sites (tertiary alicyclic amines) is 1. The minimum atomic E-state index is -3.13. The van der Waals surface area contributed by atoms with Gasteiger partial charge in [0.2, 0.25) is 15.9 Å². The third-order valence-corrected chi connectivity index (χ3v) is 6.54. The molecule has 2 fully saturated rings. The van der Waals surface area contributed by atoms with Gasteiger partial charge in [-0.25, -0.2) is 8.42 Å². The van der Waals surface area contributed by atoms with E-state index in [1.807, 2.05) is 11.8 Å². The highest BCUT2D eigenvalue weighted by Crippen LogP contribution is 2.12. The van der Waals surface area contributed by atoms with Gasteiger partial charge >= 0.3 is 0 Å². The van der Waals surface area contributed by atoms with Crippen molar-refractivity contribution in [2.24, 2.45) is 0 Å². The van der Waals surface area contributed by atoms with Crippen LogP contribution in [0.25, 0.3) is 0 Å². The van der Waals surface area contributed by atoms with Gasteiger partial charge in [-0.1, -0.05) is 13.3 Å². The number of unbranched alkanes of at least 4 members (excludes halogenated alkanes) is 1. The van der Waals surface area contributed by atoms with E-state index >= 15 is 0 Å². The molecular formula is C15H29N3O3S. The molecule has 0 aromatic rings. The van der Waals surface area contributed by atoms with Gasteiger partial charge in [-0.3, -0.25) is 4.79 Å². The van der Waals surface area contributed by atoms with E-state index in [2.05, 4.69) is 4.90 Å². The van der Waals surface area contributed by atoms with Crippen LogP contribution in [0, 0.1) is 0 Å². The van der Waals surface area contributed by atoms with E-state index in [0.29, 0.717) is 39.0 Å². The first-order valence-corrected chi connectivity index (χ1v) is 10.1. The van der Waals surface area contributed by atoms with Crippen LogP contribution >= 0.6 is 0 Å². The maximum atomic E-state index is 12.2. The Bertz CT molecular complexity index is 453. The monoisotopic (exact) mass is 331 g/mol. The van der Waals surface area contributed by atoms with Crippen LogP contribution in [0.4, 0.5) is 0 Å². The number of nitrogens with zero attached hydrogens (tertiary/aromatic N) is 3. The zero-order valence-corrected chi connectivity index (χ0v) is 14.5. The number of piperazine rings is 1. The first-order valence-electron chi connectivity index (χ1n) is 8.51. The van der Waals surface area contributed by atoms with Crippen molar-refractivity contribution < 1.29 is 13.2 Å². The Morgan fingerprint density at radius 2 is 1.64 bits per heavy atom. The molecule has 6 nitrogen and oxygen atoms in total. The fraction of sp³-hybridized carbons (Fsp3) is 0.933. The molecule has 0 saturated carbocycles. The van der Waals surface area contributed by atoms with Crippen LogP contribution in [0.1, 0.15) is 39.0 Å². The molecule has 0 unspecified atom stereocenters. The van der Waals surface area contributed by atoms with Crippen molar-refractivity contribution in [1.29, 1.82) is 0 Å². The Morgan fingerprint density at radius 1 is 1.00 bits per heavy atom. The summed E-state index contributed by atoms with van der Waals surface area (Å²) in [5, 5.41) is 0. The second-order valence-corrected chi connectivity index (χ2v) is 8.34. The molecule has 2 aliphatic heterocycles. The van der Waals surface area contributed by atoms with E-state index in [4.69, 9.17) is 0 Å². The second-order valence-electron chi connectivity index (χ2n) is 6.25. The molecule has 0 radical (unpaired) electrons. The van der Waals surface area contributed by atoms with Gasteiger partial charge in [0.05, 0.1) is 5.75 Å². The van der Waals surface area contributed by atoms with E-state index in [9.17, 15) is 13.2 Å². The van der Waals surface area contributed by atoms with Gasteiger partial charge in [0.1, 0.15) is 0 Å². The molecule has 0 aromatic heterocycles. The molecule has 0 atom stereocenters. The summed E-state index contributed by atoms with van der Waals surface area (Å²) >= 11 is 0. The zero-order valence-electron chi connectivity index (χ0n) is 13.7. The standard InChI is InChI=1S/C15H29N3O3S/c1-2-3-14-22(20,21)18-12-10-17(11-13-18)15(19)6-9-16-7-4-5-8-16/h2-14H2,1H3. The Labute approximate surface area is 134 Å². The van der Waals surface area contributed by atoms with Crippen LogP contribution in [-0.2, 0) is 14.8 Å².